The number of hydrogen-bond donors (Lipinski definition) is 2. The van der Waals surface area contributed by atoms with E-state index in [9.17, 15) is 13.2 Å². The second-order valence-corrected chi connectivity index (χ2v) is 2.99. The fourth-order valence-corrected chi connectivity index (χ4v) is 0.852. The van der Waals surface area contributed by atoms with Crippen LogP contribution >= 0.6 is 0 Å². The van der Waals surface area contributed by atoms with E-state index >= 15 is 0 Å². The van der Waals surface area contributed by atoms with Crippen LogP contribution in [-0.4, -0.2) is 27.7 Å². The van der Waals surface area contributed by atoms with Crippen LogP contribution in [0.25, 0.3) is 0 Å². The Morgan fingerprint density at radius 1 is 1.53 bits per heavy atom. The van der Waals surface area contributed by atoms with E-state index in [1.807, 2.05) is 0 Å². The lowest BCUT2D eigenvalue weighted by molar-refractivity contribution is -0.141. The highest BCUT2D eigenvalue weighted by Gasteiger charge is 2.32. The SMILES string of the molecule is C[C@@H](CO)Nc1nccc(C(F)(F)F)n1. The summed E-state index contributed by atoms with van der Waals surface area (Å²) in [6.07, 6.45) is -3.47. The summed E-state index contributed by atoms with van der Waals surface area (Å²) in [5, 5.41) is 11.2. The topological polar surface area (TPSA) is 58.0 Å². The Morgan fingerprint density at radius 2 is 2.20 bits per heavy atom. The van der Waals surface area contributed by atoms with Gasteiger partial charge in [0.25, 0.3) is 0 Å². The number of aromatic nitrogens is 2. The third-order valence-electron chi connectivity index (χ3n) is 1.60. The molecule has 0 saturated heterocycles. The molecule has 1 rings (SSSR count). The molecule has 15 heavy (non-hydrogen) atoms. The van der Waals surface area contributed by atoms with Gasteiger partial charge in [0, 0.05) is 12.2 Å². The van der Waals surface area contributed by atoms with Crippen LogP contribution in [0.1, 0.15) is 12.6 Å². The fraction of sp³-hybridized carbons (Fsp3) is 0.500. The first-order valence-electron chi connectivity index (χ1n) is 4.21. The van der Waals surface area contributed by atoms with Crippen LogP contribution in [0.5, 0.6) is 0 Å². The lowest BCUT2D eigenvalue weighted by Gasteiger charge is -2.11. The first-order chi connectivity index (χ1) is 6.93. The van der Waals surface area contributed by atoms with Gasteiger partial charge in [0.05, 0.1) is 6.61 Å². The van der Waals surface area contributed by atoms with Crippen LogP contribution in [-0.2, 0) is 6.18 Å². The fourth-order valence-electron chi connectivity index (χ4n) is 0.852. The van der Waals surface area contributed by atoms with Crippen molar-refractivity contribution in [3.63, 3.8) is 0 Å². The Labute approximate surface area is 84.2 Å². The quantitative estimate of drug-likeness (QED) is 0.807. The van der Waals surface area contributed by atoms with E-state index in [4.69, 9.17) is 5.11 Å². The Hall–Kier alpha value is -1.37. The highest BCUT2D eigenvalue weighted by Crippen LogP contribution is 2.27. The minimum absolute atomic E-state index is 0.147. The molecule has 0 fully saturated rings. The molecule has 0 bridgehead atoms. The summed E-state index contributed by atoms with van der Waals surface area (Å²) in [7, 11) is 0. The first kappa shape index (κ1) is 11.7. The average Bonchev–Trinajstić information content (AvgIpc) is 2.17. The third kappa shape index (κ3) is 3.35. The van der Waals surface area contributed by atoms with E-state index in [0.29, 0.717) is 0 Å². The van der Waals surface area contributed by atoms with Crippen molar-refractivity contribution in [3.8, 4) is 0 Å². The lowest BCUT2D eigenvalue weighted by atomic mass is 10.3. The number of anilines is 1. The molecule has 84 valence electrons. The van der Waals surface area contributed by atoms with Crippen LogP contribution < -0.4 is 5.32 Å². The van der Waals surface area contributed by atoms with Crippen LogP contribution in [0.4, 0.5) is 19.1 Å². The van der Waals surface area contributed by atoms with Gasteiger partial charge in [0.15, 0.2) is 0 Å². The molecule has 0 aliphatic carbocycles. The van der Waals surface area contributed by atoms with Gasteiger partial charge in [0.2, 0.25) is 5.95 Å². The molecule has 0 aliphatic heterocycles. The Morgan fingerprint density at radius 3 is 2.73 bits per heavy atom. The van der Waals surface area contributed by atoms with Crippen molar-refractivity contribution < 1.29 is 18.3 Å². The molecule has 4 nitrogen and oxygen atoms in total. The largest absolute Gasteiger partial charge is 0.433 e. The second-order valence-electron chi connectivity index (χ2n) is 2.99. The molecule has 0 amide bonds. The van der Waals surface area contributed by atoms with Crippen molar-refractivity contribution in [3.05, 3.63) is 18.0 Å². The maximum atomic E-state index is 12.2. The van der Waals surface area contributed by atoms with Crippen molar-refractivity contribution in [1.29, 1.82) is 0 Å². The Balaban J connectivity index is 2.84. The zero-order valence-corrected chi connectivity index (χ0v) is 7.91. The van der Waals surface area contributed by atoms with Gasteiger partial charge in [-0.05, 0) is 13.0 Å². The number of aliphatic hydroxyl groups excluding tert-OH is 1. The van der Waals surface area contributed by atoms with E-state index in [1.54, 1.807) is 6.92 Å². The van der Waals surface area contributed by atoms with E-state index in [2.05, 4.69) is 15.3 Å². The highest BCUT2D eigenvalue weighted by molar-refractivity contribution is 5.27. The molecule has 1 heterocycles. The van der Waals surface area contributed by atoms with Gasteiger partial charge < -0.3 is 10.4 Å². The summed E-state index contributed by atoms with van der Waals surface area (Å²) < 4.78 is 36.7. The zero-order valence-electron chi connectivity index (χ0n) is 7.91. The van der Waals surface area contributed by atoms with Gasteiger partial charge in [0.1, 0.15) is 5.69 Å². The Kier molecular flexibility index (Phi) is 3.46. The van der Waals surface area contributed by atoms with Crippen LogP contribution in [0.15, 0.2) is 12.3 Å². The summed E-state index contributed by atoms with van der Waals surface area (Å²) in [6, 6.07) is 0.392. The maximum absolute atomic E-state index is 12.2. The molecule has 0 aliphatic rings. The predicted octanol–water partition coefficient (Wildman–Crippen LogP) is 1.29. The first-order valence-corrected chi connectivity index (χ1v) is 4.21. The number of rotatable bonds is 3. The van der Waals surface area contributed by atoms with Gasteiger partial charge in [-0.3, -0.25) is 0 Å². The van der Waals surface area contributed by atoms with E-state index in [-0.39, 0.29) is 12.6 Å². The third-order valence-corrected chi connectivity index (χ3v) is 1.60. The number of alkyl halides is 3. The summed E-state index contributed by atoms with van der Waals surface area (Å²) in [4.78, 5) is 6.88. The second kappa shape index (κ2) is 4.43. The summed E-state index contributed by atoms with van der Waals surface area (Å²) in [6.45, 7) is 1.39. The molecule has 0 aromatic carbocycles. The molecule has 2 N–H and O–H groups in total. The van der Waals surface area contributed by atoms with Crippen LogP contribution in [0.3, 0.4) is 0 Å². The monoisotopic (exact) mass is 221 g/mol. The highest BCUT2D eigenvalue weighted by atomic mass is 19.4. The molecule has 0 spiro atoms. The van der Waals surface area contributed by atoms with Crippen molar-refractivity contribution in [2.75, 3.05) is 11.9 Å². The predicted molar refractivity (Wildman–Crippen MR) is 47.2 cm³/mol. The molecule has 0 saturated carbocycles. The minimum atomic E-state index is -4.48. The zero-order chi connectivity index (χ0) is 11.5. The van der Waals surface area contributed by atoms with Crippen molar-refractivity contribution in [1.82, 2.24) is 9.97 Å². The molecule has 0 radical (unpaired) electrons. The van der Waals surface area contributed by atoms with Crippen molar-refractivity contribution in [2.45, 2.75) is 19.1 Å². The number of nitrogens with zero attached hydrogens (tertiary/aromatic N) is 2. The number of nitrogens with one attached hydrogen (secondary N) is 1. The van der Waals surface area contributed by atoms with Crippen LogP contribution in [0, 0.1) is 0 Å². The normalized spacial score (nSPS) is 13.7. The summed E-state index contributed by atoms with van der Waals surface area (Å²) >= 11 is 0. The Bertz CT molecular complexity index is 329. The van der Waals surface area contributed by atoms with Gasteiger partial charge in [-0.25, -0.2) is 9.97 Å². The smallest absolute Gasteiger partial charge is 0.394 e. The molecular formula is C8H10F3N3O. The van der Waals surface area contributed by atoms with E-state index < -0.39 is 17.9 Å². The minimum Gasteiger partial charge on any atom is -0.394 e. The van der Waals surface area contributed by atoms with Crippen molar-refractivity contribution in [2.24, 2.45) is 0 Å². The van der Waals surface area contributed by atoms with Crippen molar-refractivity contribution >= 4 is 5.95 Å². The summed E-state index contributed by atoms with van der Waals surface area (Å²) in [5.74, 6) is -0.147. The number of aliphatic hydroxyl groups is 1. The molecule has 0 unspecified atom stereocenters. The summed E-state index contributed by atoms with van der Waals surface area (Å²) in [5.41, 5.74) is -1.01. The number of hydrogen-bond acceptors (Lipinski definition) is 4. The standard InChI is InChI=1S/C8H10F3N3O/c1-5(4-15)13-7-12-3-2-6(14-7)8(9,10)11/h2-3,5,15H,4H2,1H3,(H,12,13,14)/t5-/m0/s1. The molecule has 1 aromatic heterocycles. The lowest BCUT2D eigenvalue weighted by Crippen LogP contribution is -2.21. The van der Waals surface area contributed by atoms with E-state index in [0.717, 1.165) is 12.3 Å². The van der Waals surface area contributed by atoms with Gasteiger partial charge in [-0.2, -0.15) is 13.2 Å². The molecule has 1 aromatic rings. The molecule has 7 heteroatoms. The number of halogens is 3. The van der Waals surface area contributed by atoms with Gasteiger partial charge >= 0.3 is 6.18 Å². The van der Waals surface area contributed by atoms with E-state index in [1.165, 1.54) is 0 Å². The van der Waals surface area contributed by atoms with Gasteiger partial charge in [-0.15, -0.1) is 0 Å². The van der Waals surface area contributed by atoms with Crippen LogP contribution in [0.2, 0.25) is 0 Å². The maximum Gasteiger partial charge on any atom is 0.433 e. The molecule has 1 atom stereocenters. The average molecular weight is 221 g/mol. The molecular weight excluding hydrogens is 211 g/mol. The van der Waals surface area contributed by atoms with Gasteiger partial charge in [-0.1, -0.05) is 0 Å².